The van der Waals surface area contributed by atoms with E-state index >= 15 is 0 Å². The molecule has 2 N–H and O–H groups in total. The van der Waals surface area contributed by atoms with Crippen LogP contribution in [0.15, 0.2) is 52.0 Å². The van der Waals surface area contributed by atoms with Crippen LogP contribution in [-0.4, -0.2) is 24.1 Å². The average Bonchev–Trinajstić information content (AvgIpc) is 2.61. The van der Waals surface area contributed by atoms with Gasteiger partial charge in [-0.3, -0.25) is 9.59 Å². The Morgan fingerprint density at radius 3 is 2.63 bits per heavy atom. The molecular weight excluding hydrogens is 417 g/mol. The summed E-state index contributed by atoms with van der Waals surface area (Å²) in [6.45, 7) is 3.25. The predicted octanol–water partition coefficient (Wildman–Crippen LogP) is 3.80. The zero-order valence-corrected chi connectivity index (χ0v) is 16.5. The summed E-state index contributed by atoms with van der Waals surface area (Å²) in [5, 5.41) is 6.30. The summed E-state index contributed by atoms with van der Waals surface area (Å²) < 4.78 is 19.9. The van der Waals surface area contributed by atoms with Crippen molar-refractivity contribution in [1.82, 2.24) is 5.43 Å². The van der Waals surface area contributed by atoms with E-state index in [4.69, 9.17) is 4.74 Å². The fourth-order valence-corrected chi connectivity index (χ4v) is 2.61. The largest absolute Gasteiger partial charge is 0.483 e. The maximum Gasteiger partial charge on any atom is 0.277 e. The number of hydrogen-bond acceptors (Lipinski definition) is 4. The number of carbonyl (C=O) groups excluding carboxylic acids is 2. The molecule has 2 aromatic carbocycles. The molecule has 8 heteroatoms. The monoisotopic (exact) mass is 435 g/mol. The van der Waals surface area contributed by atoms with Gasteiger partial charge in [0.25, 0.3) is 5.91 Å². The summed E-state index contributed by atoms with van der Waals surface area (Å²) in [6.07, 6.45) is -0.0821. The zero-order chi connectivity index (χ0) is 19.8. The number of amides is 2. The van der Waals surface area contributed by atoms with Crippen molar-refractivity contribution in [2.75, 3.05) is 11.9 Å². The second-order valence-corrected chi connectivity index (χ2v) is 6.70. The van der Waals surface area contributed by atoms with E-state index in [1.54, 1.807) is 19.1 Å². The van der Waals surface area contributed by atoms with Gasteiger partial charge in [0, 0.05) is 10.2 Å². The minimum atomic E-state index is -0.519. The van der Waals surface area contributed by atoms with Gasteiger partial charge in [-0.15, -0.1) is 0 Å². The second kappa shape index (κ2) is 9.82. The summed E-state index contributed by atoms with van der Waals surface area (Å²) in [7, 11) is 0. The molecule has 0 saturated carbocycles. The number of aryl methyl sites for hydroxylation is 1. The first kappa shape index (κ1) is 20.6. The summed E-state index contributed by atoms with van der Waals surface area (Å²) in [6, 6.07) is 11.3. The predicted molar refractivity (Wildman–Crippen MR) is 105 cm³/mol. The van der Waals surface area contributed by atoms with Crippen LogP contribution in [0.25, 0.3) is 0 Å². The quantitative estimate of drug-likeness (QED) is 0.512. The molecule has 0 heterocycles. The highest BCUT2D eigenvalue weighted by Gasteiger charge is 2.09. The topological polar surface area (TPSA) is 79.8 Å². The second-order valence-electron chi connectivity index (χ2n) is 5.79. The highest BCUT2D eigenvalue weighted by Crippen LogP contribution is 2.21. The minimum Gasteiger partial charge on any atom is -0.483 e. The lowest BCUT2D eigenvalue weighted by atomic mass is 10.2. The Kier molecular flexibility index (Phi) is 7.48. The molecule has 0 unspecified atom stereocenters. The number of carbonyl (C=O) groups is 2. The van der Waals surface area contributed by atoms with Gasteiger partial charge < -0.3 is 10.1 Å². The van der Waals surface area contributed by atoms with E-state index in [1.165, 1.54) is 18.2 Å². The highest BCUT2D eigenvalue weighted by atomic mass is 79.9. The third-order valence-electron chi connectivity index (χ3n) is 3.43. The number of rotatable bonds is 7. The molecule has 0 aromatic heterocycles. The number of para-hydroxylation sites is 1. The number of nitrogens with zero attached hydrogens (tertiary/aromatic N) is 1. The van der Waals surface area contributed by atoms with Crippen molar-refractivity contribution >= 4 is 39.1 Å². The van der Waals surface area contributed by atoms with Crippen molar-refractivity contribution < 1.29 is 18.7 Å². The van der Waals surface area contributed by atoms with Crippen molar-refractivity contribution in [3.8, 4) is 5.75 Å². The van der Waals surface area contributed by atoms with E-state index in [1.807, 2.05) is 19.1 Å². The number of anilines is 1. The van der Waals surface area contributed by atoms with Gasteiger partial charge in [0.05, 0.1) is 12.1 Å². The first-order valence-electron chi connectivity index (χ1n) is 8.10. The molecule has 142 valence electrons. The van der Waals surface area contributed by atoms with Gasteiger partial charge >= 0.3 is 0 Å². The van der Waals surface area contributed by atoms with E-state index in [0.717, 1.165) is 10.0 Å². The van der Waals surface area contributed by atoms with Gasteiger partial charge in [0.2, 0.25) is 5.91 Å². The van der Waals surface area contributed by atoms with Crippen LogP contribution in [0, 0.1) is 12.7 Å². The first-order valence-corrected chi connectivity index (χ1v) is 8.90. The van der Waals surface area contributed by atoms with Gasteiger partial charge in [-0.05, 0) is 49.7 Å². The van der Waals surface area contributed by atoms with Crippen LogP contribution in [0.4, 0.5) is 10.1 Å². The van der Waals surface area contributed by atoms with Gasteiger partial charge in [0.1, 0.15) is 11.6 Å². The molecule has 0 atom stereocenters. The SMILES string of the molecule is C/C(CC(=O)Nc1ccccc1F)=N\NC(=O)COc1ccc(Br)cc1C. The Hall–Kier alpha value is -2.74. The lowest BCUT2D eigenvalue weighted by molar-refractivity contribution is -0.123. The average molecular weight is 436 g/mol. The summed E-state index contributed by atoms with van der Waals surface area (Å²) in [4.78, 5) is 23.7. The van der Waals surface area contributed by atoms with Crippen LogP contribution in [0.1, 0.15) is 18.9 Å². The van der Waals surface area contributed by atoms with E-state index in [9.17, 15) is 14.0 Å². The molecule has 2 amide bonds. The number of nitrogens with one attached hydrogen (secondary N) is 2. The van der Waals surface area contributed by atoms with Crippen LogP contribution in [0.5, 0.6) is 5.75 Å². The molecule has 0 aliphatic heterocycles. The van der Waals surface area contributed by atoms with Crippen LogP contribution in [-0.2, 0) is 9.59 Å². The number of hydrogen-bond donors (Lipinski definition) is 2. The standard InChI is InChI=1S/C19H19BrFN3O3/c1-12-9-14(20)7-8-17(12)27-11-19(26)24-23-13(2)10-18(25)22-16-6-4-3-5-15(16)21/h3-9H,10-11H2,1-2H3,(H,22,25)(H,24,26)/b23-13+. The van der Waals surface area contributed by atoms with Crippen molar-refractivity contribution in [3.05, 3.63) is 58.3 Å². The van der Waals surface area contributed by atoms with E-state index < -0.39 is 17.6 Å². The molecule has 6 nitrogen and oxygen atoms in total. The minimum absolute atomic E-state index is 0.0821. The van der Waals surface area contributed by atoms with Crippen molar-refractivity contribution in [2.24, 2.45) is 5.10 Å². The fraction of sp³-hybridized carbons (Fsp3) is 0.211. The number of benzene rings is 2. The Morgan fingerprint density at radius 2 is 1.93 bits per heavy atom. The molecule has 0 radical (unpaired) electrons. The molecule has 0 saturated heterocycles. The van der Waals surface area contributed by atoms with Gasteiger partial charge in [-0.25, -0.2) is 9.82 Å². The Labute approximate surface area is 164 Å². The smallest absolute Gasteiger partial charge is 0.277 e. The molecule has 0 aliphatic rings. The first-order chi connectivity index (χ1) is 12.8. The third-order valence-corrected chi connectivity index (χ3v) is 3.92. The molecule has 0 bridgehead atoms. The molecule has 0 aliphatic carbocycles. The van der Waals surface area contributed by atoms with Crippen LogP contribution < -0.4 is 15.5 Å². The maximum atomic E-state index is 13.5. The third kappa shape index (κ3) is 6.82. The van der Waals surface area contributed by atoms with E-state index in [2.05, 4.69) is 31.8 Å². The van der Waals surface area contributed by atoms with E-state index in [0.29, 0.717) is 11.5 Å². The van der Waals surface area contributed by atoms with Gasteiger partial charge in [0.15, 0.2) is 6.61 Å². The molecule has 2 rings (SSSR count). The van der Waals surface area contributed by atoms with Crippen LogP contribution in [0.3, 0.4) is 0 Å². The van der Waals surface area contributed by atoms with Gasteiger partial charge in [-0.1, -0.05) is 28.1 Å². The normalized spacial score (nSPS) is 11.0. The number of hydrazone groups is 1. The molecule has 27 heavy (non-hydrogen) atoms. The van der Waals surface area contributed by atoms with Crippen LogP contribution in [0.2, 0.25) is 0 Å². The van der Waals surface area contributed by atoms with Crippen molar-refractivity contribution in [3.63, 3.8) is 0 Å². The van der Waals surface area contributed by atoms with Crippen molar-refractivity contribution in [1.29, 1.82) is 0 Å². The zero-order valence-electron chi connectivity index (χ0n) is 14.9. The summed E-state index contributed by atoms with van der Waals surface area (Å²) >= 11 is 3.36. The molecule has 0 fully saturated rings. The number of halogens is 2. The van der Waals surface area contributed by atoms with E-state index in [-0.39, 0.29) is 18.7 Å². The lowest BCUT2D eigenvalue weighted by Gasteiger charge is -2.09. The summed E-state index contributed by atoms with van der Waals surface area (Å²) in [5.41, 5.74) is 3.68. The van der Waals surface area contributed by atoms with Crippen LogP contribution >= 0.6 is 15.9 Å². The molecule has 0 spiro atoms. The lowest BCUT2D eigenvalue weighted by Crippen LogP contribution is -2.26. The highest BCUT2D eigenvalue weighted by molar-refractivity contribution is 9.10. The maximum absolute atomic E-state index is 13.5. The Morgan fingerprint density at radius 1 is 1.19 bits per heavy atom. The van der Waals surface area contributed by atoms with Gasteiger partial charge in [-0.2, -0.15) is 5.10 Å². The molecule has 2 aromatic rings. The molecular formula is C19H19BrFN3O3. The number of ether oxygens (including phenoxy) is 1. The fourth-order valence-electron chi connectivity index (χ4n) is 2.14. The summed E-state index contributed by atoms with van der Waals surface area (Å²) in [5.74, 6) is -0.809. The Balaban J connectivity index is 1.79. The van der Waals surface area contributed by atoms with Crippen molar-refractivity contribution in [2.45, 2.75) is 20.3 Å². The Bertz CT molecular complexity index is 871.